The first-order valence-electron chi connectivity index (χ1n) is 23.2. The third-order valence-corrected chi connectivity index (χ3v) is 12.9. The highest BCUT2D eigenvalue weighted by molar-refractivity contribution is 6.32. The molecule has 0 unspecified atom stereocenters. The molecule has 0 aliphatic heterocycles. The number of nitrogens with one attached hydrogen (secondary N) is 1. The van der Waals surface area contributed by atoms with Crippen LogP contribution in [0.3, 0.4) is 0 Å². The van der Waals surface area contributed by atoms with E-state index in [1.165, 1.54) is 26.6 Å². The topological polar surface area (TPSA) is 195 Å². The van der Waals surface area contributed by atoms with Crippen LogP contribution in [0.2, 0.25) is 10.0 Å². The van der Waals surface area contributed by atoms with Crippen molar-refractivity contribution in [1.29, 1.82) is 10.5 Å². The highest BCUT2D eigenvalue weighted by Crippen LogP contribution is 2.38. The molecule has 16 heteroatoms. The Labute approximate surface area is 430 Å². The van der Waals surface area contributed by atoms with Crippen molar-refractivity contribution in [1.82, 2.24) is 15.3 Å². The quantitative estimate of drug-likeness (QED) is 0.0575. The van der Waals surface area contributed by atoms with Crippen molar-refractivity contribution in [3.63, 3.8) is 0 Å². The predicted molar refractivity (Wildman–Crippen MR) is 272 cm³/mol. The van der Waals surface area contributed by atoms with Gasteiger partial charge >= 0.3 is 11.9 Å². The van der Waals surface area contributed by atoms with Crippen molar-refractivity contribution < 1.29 is 43.1 Å². The molecule has 0 bridgehead atoms. The van der Waals surface area contributed by atoms with E-state index in [-0.39, 0.29) is 51.3 Å². The lowest BCUT2D eigenvalue weighted by molar-refractivity contribution is -0.149. The molecule has 0 radical (unpaired) electrons. The zero-order valence-electron chi connectivity index (χ0n) is 41.3. The molecule has 72 heavy (non-hydrogen) atoms. The number of benzene rings is 4. The van der Waals surface area contributed by atoms with Gasteiger partial charge in [-0.25, -0.2) is 0 Å². The fourth-order valence-electron chi connectivity index (χ4n) is 8.08. The molecule has 0 aliphatic carbocycles. The number of halogens is 2. The predicted octanol–water partition coefficient (Wildman–Crippen LogP) is 10.5. The standard InChI is InChI=1S/C56H57Cl2N5O9/c1-33(2)54(56(66)68-7)63-28-44-19-49(58)53(21-51(44)70-30-40-17-38(23-60)25-62-27-40)72-32-43-11-9-13-46(35(43)4)45-12-8-10-42(34(45)3)31-71-52-20-50(69-29-39-16-37(22-59)24-61-26-39)41(18-48(52)57)14-15-47(36(5)64)55(65)67-6/h8-13,16-21,24-27,33,36,47,54,63-64H,14-15,28-32H2,1-7H3/t36-,47-,54-/m0/s1. The number of hydrogen-bond acceptors (Lipinski definition) is 14. The van der Waals surface area contributed by atoms with Crippen LogP contribution in [0.4, 0.5) is 0 Å². The minimum atomic E-state index is -0.935. The van der Waals surface area contributed by atoms with Crippen LogP contribution < -0.4 is 24.3 Å². The van der Waals surface area contributed by atoms with E-state index in [9.17, 15) is 25.2 Å². The summed E-state index contributed by atoms with van der Waals surface area (Å²) in [4.78, 5) is 33.3. The van der Waals surface area contributed by atoms with Gasteiger partial charge in [0, 0.05) is 60.2 Å². The number of hydrogen-bond donors (Lipinski definition) is 2. The number of nitriles is 2. The van der Waals surface area contributed by atoms with Crippen LogP contribution in [0.5, 0.6) is 23.0 Å². The van der Waals surface area contributed by atoms with Crippen LogP contribution in [-0.4, -0.2) is 53.4 Å². The molecule has 3 atom stereocenters. The number of pyridine rings is 2. The first-order valence-corrected chi connectivity index (χ1v) is 24.0. The molecule has 2 heterocycles. The highest BCUT2D eigenvalue weighted by Gasteiger charge is 2.26. The molecule has 0 spiro atoms. The van der Waals surface area contributed by atoms with Gasteiger partial charge in [0.2, 0.25) is 0 Å². The van der Waals surface area contributed by atoms with Gasteiger partial charge in [0.15, 0.2) is 0 Å². The monoisotopic (exact) mass is 1010 g/mol. The molecule has 0 saturated carbocycles. The Morgan fingerprint density at radius 2 is 1.11 bits per heavy atom. The van der Waals surface area contributed by atoms with Gasteiger partial charge in [-0.3, -0.25) is 24.9 Å². The molecule has 0 amide bonds. The molecule has 2 aromatic heterocycles. The minimum absolute atomic E-state index is 0.0498. The van der Waals surface area contributed by atoms with Crippen molar-refractivity contribution in [2.75, 3.05) is 14.2 Å². The van der Waals surface area contributed by atoms with E-state index in [2.05, 4.69) is 39.6 Å². The maximum atomic E-state index is 12.6. The van der Waals surface area contributed by atoms with E-state index in [4.69, 9.17) is 51.6 Å². The largest absolute Gasteiger partial charge is 0.488 e. The number of aliphatic hydroxyl groups excluding tert-OH is 1. The second-order valence-corrected chi connectivity index (χ2v) is 18.4. The van der Waals surface area contributed by atoms with Gasteiger partial charge < -0.3 is 33.5 Å². The maximum absolute atomic E-state index is 12.6. The second-order valence-electron chi connectivity index (χ2n) is 17.5. The van der Waals surface area contributed by atoms with Gasteiger partial charge in [-0.05, 0) is 103 Å². The Morgan fingerprint density at radius 1 is 0.639 bits per heavy atom. The zero-order chi connectivity index (χ0) is 51.9. The average Bonchev–Trinajstić information content (AvgIpc) is 3.37. The molecular formula is C56H57Cl2N5O9. The molecule has 0 aliphatic rings. The van der Waals surface area contributed by atoms with Crippen molar-refractivity contribution in [2.24, 2.45) is 11.8 Å². The van der Waals surface area contributed by atoms with E-state index < -0.39 is 24.0 Å². The number of methoxy groups -OCH3 is 2. The van der Waals surface area contributed by atoms with Crippen LogP contribution in [0, 0.1) is 48.3 Å². The van der Waals surface area contributed by atoms with Crippen LogP contribution >= 0.6 is 23.2 Å². The molecule has 14 nitrogen and oxygen atoms in total. The summed E-state index contributed by atoms with van der Waals surface area (Å²) in [6.45, 7) is 10.3. The lowest BCUT2D eigenvalue weighted by Crippen LogP contribution is -2.41. The molecule has 0 saturated heterocycles. The summed E-state index contributed by atoms with van der Waals surface area (Å²) in [5.74, 6) is -0.00897. The minimum Gasteiger partial charge on any atom is -0.488 e. The van der Waals surface area contributed by atoms with E-state index in [1.54, 1.807) is 55.7 Å². The van der Waals surface area contributed by atoms with Gasteiger partial charge in [0.05, 0.1) is 47.4 Å². The molecule has 4 aromatic carbocycles. The van der Waals surface area contributed by atoms with Crippen LogP contribution in [0.15, 0.2) is 97.6 Å². The normalized spacial score (nSPS) is 12.2. The van der Waals surface area contributed by atoms with E-state index >= 15 is 0 Å². The number of aliphatic hydroxyl groups is 1. The Bertz CT molecular complexity index is 2770. The smallest absolute Gasteiger partial charge is 0.323 e. The first-order chi connectivity index (χ1) is 34.6. The summed E-state index contributed by atoms with van der Waals surface area (Å²) in [7, 11) is 2.64. The average molecular weight is 1020 g/mol. The summed E-state index contributed by atoms with van der Waals surface area (Å²) in [5, 5.41) is 33.1. The Hall–Kier alpha value is -7.20. The number of aryl methyl sites for hydroxylation is 1. The fraction of sp³-hybridized carbons (Fsp3) is 0.321. The lowest BCUT2D eigenvalue weighted by Gasteiger charge is -2.22. The Kier molecular flexibility index (Phi) is 19.4. The van der Waals surface area contributed by atoms with Crippen molar-refractivity contribution >= 4 is 35.1 Å². The summed E-state index contributed by atoms with van der Waals surface area (Å²) in [6, 6.07) is 26.0. The number of nitrogens with zero attached hydrogens (tertiary/aromatic N) is 4. The summed E-state index contributed by atoms with van der Waals surface area (Å²) < 4.78 is 35.4. The zero-order valence-corrected chi connectivity index (χ0v) is 42.8. The van der Waals surface area contributed by atoms with E-state index in [0.717, 1.165) is 33.4 Å². The molecule has 0 fully saturated rings. The van der Waals surface area contributed by atoms with Crippen molar-refractivity contribution in [2.45, 2.75) is 92.6 Å². The number of carbonyl (C=O) groups is 2. The van der Waals surface area contributed by atoms with Crippen LogP contribution in [0.25, 0.3) is 11.1 Å². The summed E-state index contributed by atoms with van der Waals surface area (Å²) in [5.41, 5.74) is 9.41. The first kappa shape index (κ1) is 54.1. The third-order valence-electron chi connectivity index (χ3n) is 12.3. The number of ether oxygens (including phenoxy) is 6. The van der Waals surface area contributed by atoms with E-state index in [0.29, 0.717) is 72.8 Å². The van der Waals surface area contributed by atoms with E-state index in [1.807, 2.05) is 52.0 Å². The number of carbonyl (C=O) groups excluding carboxylic acids is 2. The number of rotatable bonds is 23. The number of aromatic nitrogens is 2. The lowest BCUT2D eigenvalue weighted by atomic mass is 9.92. The molecule has 6 rings (SSSR count). The molecule has 374 valence electrons. The van der Waals surface area contributed by atoms with Crippen molar-refractivity contribution in [3.8, 4) is 46.3 Å². The maximum Gasteiger partial charge on any atom is 0.323 e. The fourth-order valence-corrected chi connectivity index (χ4v) is 8.57. The van der Waals surface area contributed by atoms with Crippen LogP contribution in [0.1, 0.15) is 82.8 Å². The molecule has 6 aromatic rings. The summed E-state index contributed by atoms with van der Waals surface area (Å²) >= 11 is 13.8. The number of esters is 2. The van der Waals surface area contributed by atoms with Gasteiger partial charge in [-0.2, -0.15) is 10.5 Å². The van der Waals surface area contributed by atoms with Gasteiger partial charge in [-0.1, -0.05) is 73.4 Å². The Morgan fingerprint density at radius 3 is 1.57 bits per heavy atom. The van der Waals surface area contributed by atoms with Gasteiger partial charge in [0.25, 0.3) is 0 Å². The summed E-state index contributed by atoms with van der Waals surface area (Å²) in [6.07, 6.45) is 5.88. The highest BCUT2D eigenvalue weighted by atomic mass is 35.5. The van der Waals surface area contributed by atoms with Gasteiger partial charge in [-0.15, -0.1) is 0 Å². The third kappa shape index (κ3) is 14.0. The second kappa shape index (κ2) is 25.8. The van der Waals surface area contributed by atoms with Crippen molar-refractivity contribution in [3.05, 3.63) is 163 Å². The SMILES string of the molecule is COC(=O)[C@@H](NCc1cc(Cl)c(OCc2cccc(-c3cccc(COc4cc(OCc5cncc(C#N)c5)c(CC[C@H](C(=O)OC)[C@H](C)O)cc4Cl)c3C)c2C)cc1OCc1cncc(C#N)c1)C(C)C. The Balaban J connectivity index is 1.22. The molecule has 2 N–H and O–H groups in total. The van der Waals surface area contributed by atoms with Crippen LogP contribution in [-0.2, 0) is 58.5 Å². The molecular weight excluding hydrogens is 958 g/mol. The van der Waals surface area contributed by atoms with Gasteiger partial charge in [0.1, 0.15) is 67.6 Å².